The highest BCUT2D eigenvalue weighted by molar-refractivity contribution is 6.58. The molecule has 2 rings (SSSR count). The zero-order valence-corrected chi connectivity index (χ0v) is 9.74. The molecule has 0 amide bonds. The third-order valence-electron chi connectivity index (χ3n) is 2.79. The molecule has 17 heavy (non-hydrogen) atoms. The Bertz CT molecular complexity index is 374. The number of nitrogens with zero attached hydrogens (tertiary/aromatic N) is 1. The first kappa shape index (κ1) is 12.4. The molecule has 1 saturated heterocycles. The maximum absolute atomic E-state index is 9.00. The molecule has 92 valence electrons. The summed E-state index contributed by atoms with van der Waals surface area (Å²) < 4.78 is 11.1. The van der Waals surface area contributed by atoms with Gasteiger partial charge in [0.15, 0.2) is 0 Å². The molecule has 1 fully saturated rings. The van der Waals surface area contributed by atoms with Gasteiger partial charge in [0.25, 0.3) is 0 Å². The zero-order chi connectivity index (χ0) is 12.3. The van der Waals surface area contributed by atoms with Crippen molar-refractivity contribution >= 4 is 12.6 Å². The van der Waals surface area contributed by atoms with Crippen LogP contribution in [0.15, 0.2) is 18.5 Å². The molecule has 2 N–H and O–H groups in total. The molecule has 2 atom stereocenters. The number of ether oxygens (including phenoxy) is 2. The number of hydrogen-bond acceptors (Lipinski definition) is 5. The van der Waals surface area contributed by atoms with Gasteiger partial charge >= 0.3 is 7.12 Å². The lowest BCUT2D eigenvalue weighted by Crippen LogP contribution is -2.30. The van der Waals surface area contributed by atoms with E-state index in [0.717, 1.165) is 12.8 Å². The third-order valence-corrected chi connectivity index (χ3v) is 2.79. The minimum atomic E-state index is -1.52. The van der Waals surface area contributed by atoms with Gasteiger partial charge in [-0.05, 0) is 25.8 Å². The van der Waals surface area contributed by atoms with Gasteiger partial charge in [0.1, 0.15) is 12.4 Å². The van der Waals surface area contributed by atoms with Crippen LogP contribution in [0.4, 0.5) is 0 Å². The van der Waals surface area contributed by atoms with Crippen LogP contribution < -0.4 is 10.2 Å². The molecule has 1 aliphatic heterocycles. The van der Waals surface area contributed by atoms with E-state index >= 15 is 0 Å². The standard InChI is InChI=1S/C11H16BNO4/c1-8-2-3-10(17-8)7-16-11-4-9(12(14)15)5-13-6-11/h4-6,8,10,14-15H,2-3,7H2,1H3. The molecule has 0 saturated carbocycles. The van der Waals surface area contributed by atoms with Crippen molar-refractivity contribution in [3.8, 4) is 5.75 Å². The summed E-state index contributed by atoms with van der Waals surface area (Å²) in [6, 6.07) is 1.57. The monoisotopic (exact) mass is 237 g/mol. The molecule has 0 radical (unpaired) electrons. The fraction of sp³-hybridized carbons (Fsp3) is 0.545. The zero-order valence-electron chi connectivity index (χ0n) is 9.74. The van der Waals surface area contributed by atoms with Crippen molar-refractivity contribution in [3.63, 3.8) is 0 Å². The molecule has 0 aliphatic carbocycles. The van der Waals surface area contributed by atoms with Gasteiger partial charge in [-0.25, -0.2) is 0 Å². The topological polar surface area (TPSA) is 71.8 Å². The summed E-state index contributed by atoms with van der Waals surface area (Å²) in [4.78, 5) is 3.88. The Balaban J connectivity index is 1.88. The first-order valence-corrected chi connectivity index (χ1v) is 5.74. The minimum absolute atomic E-state index is 0.118. The normalized spacial score (nSPS) is 23.7. The van der Waals surface area contributed by atoms with E-state index < -0.39 is 7.12 Å². The third kappa shape index (κ3) is 3.42. The van der Waals surface area contributed by atoms with Gasteiger partial charge in [0, 0.05) is 11.7 Å². The highest BCUT2D eigenvalue weighted by atomic mass is 16.5. The highest BCUT2D eigenvalue weighted by Gasteiger charge is 2.22. The molecular formula is C11H16BNO4. The van der Waals surface area contributed by atoms with E-state index in [1.54, 1.807) is 12.3 Å². The molecule has 0 aromatic carbocycles. The van der Waals surface area contributed by atoms with Gasteiger partial charge in [-0.15, -0.1) is 0 Å². The summed E-state index contributed by atoms with van der Waals surface area (Å²) >= 11 is 0. The fourth-order valence-corrected chi connectivity index (χ4v) is 1.85. The van der Waals surface area contributed by atoms with E-state index in [1.165, 1.54) is 6.20 Å². The number of pyridine rings is 1. The van der Waals surface area contributed by atoms with Crippen molar-refractivity contribution in [2.75, 3.05) is 6.61 Å². The molecule has 1 aromatic rings. The van der Waals surface area contributed by atoms with Crippen molar-refractivity contribution in [3.05, 3.63) is 18.5 Å². The fourth-order valence-electron chi connectivity index (χ4n) is 1.85. The first-order valence-electron chi connectivity index (χ1n) is 5.74. The van der Waals surface area contributed by atoms with Crippen molar-refractivity contribution in [2.45, 2.75) is 32.0 Å². The summed E-state index contributed by atoms with van der Waals surface area (Å²) in [5, 5.41) is 18.0. The minimum Gasteiger partial charge on any atom is -0.489 e. The molecule has 5 nitrogen and oxygen atoms in total. The summed E-state index contributed by atoms with van der Waals surface area (Å²) in [5.74, 6) is 0.527. The molecule has 1 aliphatic rings. The van der Waals surface area contributed by atoms with Gasteiger partial charge in [-0.2, -0.15) is 0 Å². The van der Waals surface area contributed by atoms with E-state index in [0.29, 0.717) is 23.9 Å². The maximum Gasteiger partial charge on any atom is 0.490 e. The van der Waals surface area contributed by atoms with E-state index in [2.05, 4.69) is 4.98 Å². The summed E-state index contributed by atoms with van der Waals surface area (Å²) in [6.07, 6.45) is 5.41. The Kier molecular flexibility index (Phi) is 3.99. The van der Waals surface area contributed by atoms with Gasteiger partial charge in [-0.3, -0.25) is 4.98 Å². The average molecular weight is 237 g/mol. The van der Waals surface area contributed by atoms with Crippen LogP contribution in [0, 0.1) is 0 Å². The van der Waals surface area contributed by atoms with Crippen molar-refractivity contribution in [1.82, 2.24) is 4.98 Å². The predicted molar refractivity (Wildman–Crippen MR) is 63.1 cm³/mol. The SMILES string of the molecule is CC1CCC(COc2cncc(B(O)O)c2)O1. The molecule has 1 aromatic heterocycles. The second kappa shape index (κ2) is 5.49. The average Bonchev–Trinajstić information content (AvgIpc) is 2.73. The molecular weight excluding hydrogens is 221 g/mol. The van der Waals surface area contributed by atoms with Crippen molar-refractivity contribution in [2.24, 2.45) is 0 Å². The van der Waals surface area contributed by atoms with E-state index in [-0.39, 0.29) is 6.10 Å². The molecule has 0 bridgehead atoms. The summed E-state index contributed by atoms with van der Waals surface area (Å²) in [5.41, 5.74) is 0.322. The van der Waals surface area contributed by atoms with Crippen LogP contribution in [0.1, 0.15) is 19.8 Å². The van der Waals surface area contributed by atoms with Crippen molar-refractivity contribution in [1.29, 1.82) is 0 Å². The Morgan fingerprint density at radius 1 is 1.47 bits per heavy atom. The van der Waals surface area contributed by atoms with E-state index in [9.17, 15) is 0 Å². The maximum atomic E-state index is 9.00. The van der Waals surface area contributed by atoms with Crippen LogP contribution in [0.25, 0.3) is 0 Å². The molecule has 2 unspecified atom stereocenters. The molecule has 0 spiro atoms. The Morgan fingerprint density at radius 2 is 2.29 bits per heavy atom. The lowest BCUT2D eigenvalue weighted by atomic mass is 9.82. The van der Waals surface area contributed by atoms with Gasteiger partial charge < -0.3 is 19.5 Å². The smallest absolute Gasteiger partial charge is 0.489 e. The second-order valence-electron chi connectivity index (χ2n) is 4.28. The van der Waals surface area contributed by atoms with E-state index in [4.69, 9.17) is 19.5 Å². The molecule has 6 heteroatoms. The molecule has 2 heterocycles. The van der Waals surface area contributed by atoms with Crippen molar-refractivity contribution < 1.29 is 19.5 Å². The summed E-state index contributed by atoms with van der Waals surface area (Å²) in [7, 11) is -1.52. The lowest BCUT2D eigenvalue weighted by molar-refractivity contribution is 0.0264. The van der Waals surface area contributed by atoms with Crippen LogP contribution >= 0.6 is 0 Å². The Morgan fingerprint density at radius 3 is 2.94 bits per heavy atom. The predicted octanol–water partition coefficient (Wildman–Crippen LogP) is -0.292. The van der Waals surface area contributed by atoms with Gasteiger partial charge in [0.05, 0.1) is 18.4 Å². The van der Waals surface area contributed by atoms with Crippen LogP contribution in [-0.4, -0.2) is 41.0 Å². The number of hydrogen-bond donors (Lipinski definition) is 2. The first-order chi connectivity index (χ1) is 8.15. The highest BCUT2D eigenvalue weighted by Crippen LogP contribution is 2.19. The number of rotatable bonds is 4. The van der Waals surface area contributed by atoms with Crippen LogP contribution in [0.2, 0.25) is 0 Å². The van der Waals surface area contributed by atoms with Gasteiger partial charge in [-0.1, -0.05) is 0 Å². The van der Waals surface area contributed by atoms with Gasteiger partial charge in [0.2, 0.25) is 0 Å². The van der Waals surface area contributed by atoms with Crippen LogP contribution in [-0.2, 0) is 4.74 Å². The van der Waals surface area contributed by atoms with E-state index in [1.807, 2.05) is 6.92 Å². The van der Waals surface area contributed by atoms with Crippen LogP contribution in [0.5, 0.6) is 5.75 Å². The quantitative estimate of drug-likeness (QED) is 0.704. The second-order valence-corrected chi connectivity index (χ2v) is 4.28. The lowest BCUT2D eigenvalue weighted by Gasteiger charge is -2.12. The summed E-state index contributed by atoms with van der Waals surface area (Å²) in [6.45, 7) is 2.52. The Hall–Kier alpha value is -1.11. The number of aromatic nitrogens is 1. The Labute approximate surface area is 101 Å². The van der Waals surface area contributed by atoms with Crippen LogP contribution in [0.3, 0.4) is 0 Å². The largest absolute Gasteiger partial charge is 0.490 e.